The van der Waals surface area contributed by atoms with E-state index in [0.717, 1.165) is 37.2 Å². The minimum atomic E-state index is -0.285. The van der Waals surface area contributed by atoms with E-state index in [1.54, 1.807) is 6.08 Å². The first-order valence-corrected chi connectivity index (χ1v) is 8.95. The van der Waals surface area contributed by atoms with E-state index in [-0.39, 0.29) is 18.4 Å². The van der Waals surface area contributed by atoms with E-state index in [0.29, 0.717) is 6.61 Å². The van der Waals surface area contributed by atoms with Gasteiger partial charge in [-0.2, -0.15) is 0 Å². The molecular formula is C22H28ClNO2. The Hall–Kier alpha value is -2.10. The third kappa shape index (κ3) is 7.42. The van der Waals surface area contributed by atoms with Gasteiger partial charge in [-0.1, -0.05) is 68.4 Å². The molecular weight excluding hydrogens is 346 g/mol. The summed E-state index contributed by atoms with van der Waals surface area (Å²) in [6.07, 6.45) is 4.16. The van der Waals surface area contributed by atoms with E-state index >= 15 is 0 Å². The first kappa shape index (κ1) is 21.9. The van der Waals surface area contributed by atoms with Crippen molar-refractivity contribution in [1.82, 2.24) is 4.90 Å². The molecule has 2 aromatic carbocycles. The molecule has 0 aromatic heterocycles. The monoisotopic (exact) mass is 373 g/mol. The van der Waals surface area contributed by atoms with Crippen LogP contribution in [0.5, 0.6) is 0 Å². The zero-order chi connectivity index (χ0) is 17.9. The molecule has 0 heterocycles. The largest absolute Gasteiger partial charge is 0.462 e. The molecule has 0 radical (unpaired) electrons. The Labute approximate surface area is 163 Å². The predicted octanol–water partition coefficient (Wildman–Crippen LogP) is 5.06. The van der Waals surface area contributed by atoms with Crippen LogP contribution in [0.4, 0.5) is 0 Å². The maximum atomic E-state index is 11.8. The Morgan fingerprint density at radius 1 is 0.962 bits per heavy atom. The van der Waals surface area contributed by atoms with Gasteiger partial charge in [-0.25, -0.2) is 4.79 Å². The normalized spacial score (nSPS) is 10.7. The van der Waals surface area contributed by atoms with Crippen LogP contribution in [-0.2, 0) is 9.53 Å². The molecule has 26 heavy (non-hydrogen) atoms. The van der Waals surface area contributed by atoms with Gasteiger partial charge >= 0.3 is 5.97 Å². The van der Waals surface area contributed by atoms with Crippen molar-refractivity contribution in [1.29, 1.82) is 0 Å². The molecule has 2 rings (SSSR count). The van der Waals surface area contributed by atoms with Gasteiger partial charge in [0.25, 0.3) is 0 Å². The third-order valence-electron chi connectivity index (χ3n) is 4.19. The van der Waals surface area contributed by atoms with Crippen LogP contribution in [0.1, 0.15) is 25.8 Å². The van der Waals surface area contributed by atoms with Crippen molar-refractivity contribution in [2.24, 2.45) is 0 Å². The van der Waals surface area contributed by atoms with Gasteiger partial charge in [0.05, 0.1) is 6.61 Å². The van der Waals surface area contributed by atoms with Gasteiger partial charge in [-0.05, 0) is 42.3 Å². The number of carbonyl (C=O) groups is 1. The number of ether oxygens (including phenoxy) is 1. The van der Waals surface area contributed by atoms with E-state index in [4.69, 9.17) is 4.74 Å². The van der Waals surface area contributed by atoms with Crippen molar-refractivity contribution >= 4 is 24.5 Å². The second-order valence-electron chi connectivity index (χ2n) is 5.87. The van der Waals surface area contributed by atoms with Crippen LogP contribution >= 0.6 is 12.4 Å². The molecule has 0 aliphatic rings. The maximum absolute atomic E-state index is 11.8. The number of hydrogen-bond donors (Lipinski definition) is 0. The number of carbonyl (C=O) groups excluding carboxylic acids is 1. The molecule has 2 aromatic rings. The molecule has 3 nitrogen and oxygen atoms in total. The standard InChI is InChI=1S/C22H27NO2.ClH/c1-3-23(4-2)17-8-18-25-22(24)16-13-19-11-14-21(15-12-19)20-9-6-5-7-10-20;/h5-7,9-16H,3-4,8,17-18H2,1-2H3;1H/b16-13-;. The van der Waals surface area contributed by atoms with Gasteiger partial charge in [-0.3, -0.25) is 0 Å². The van der Waals surface area contributed by atoms with E-state index < -0.39 is 0 Å². The molecule has 0 N–H and O–H groups in total. The van der Waals surface area contributed by atoms with Crippen molar-refractivity contribution in [2.45, 2.75) is 20.3 Å². The molecule has 0 aliphatic carbocycles. The quantitative estimate of drug-likeness (QED) is 0.349. The van der Waals surface area contributed by atoms with Gasteiger partial charge in [0, 0.05) is 12.6 Å². The molecule has 0 spiro atoms. The smallest absolute Gasteiger partial charge is 0.330 e. The lowest BCUT2D eigenvalue weighted by molar-refractivity contribution is -0.137. The Balaban J connectivity index is 0.00000338. The summed E-state index contributed by atoms with van der Waals surface area (Å²) in [5.74, 6) is -0.285. The fraction of sp³-hybridized carbons (Fsp3) is 0.318. The summed E-state index contributed by atoms with van der Waals surface area (Å²) < 4.78 is 5.24. The zero-order valence-electron chi connectivity index (χ0n) is 15.6. The minimum absolute atomic E-state index is 0. The topological polar surface area (TPSA) is 29.5 Å². The van der Waals surface area contributed by atoms with Crippen molar-refractivity contribution in [3.63, 3.8) is 0 Å². The summed E-state index contributed by atoms with van der Waals surface area (Å²) in [5.41, 5.74) is 3.34. The van der Waals surface area contributed by atoms with E-state index in [9.17, 15) is 4.79 Å². The van der Waals surface area contributed by atoms with E-state index in [1.807, 2.05) is 30.3 Å². The Morgan fingerprint density at radius 2 is 1.58 bits per heavy atom. The van der Waals surface area contributed by atoms with Gasteiger partial charge in [0.15, 0.2) is 0 Å². The summed E-state index contributed by atoms with van der Waals surface area (Å²) >= 11 is 0. The molecule has 0 aliphatic heterocycles. The van der Waals surface area contributed by atoms with Gasteiger partial charge in [-0.15, -0.1) is 12.4 Å². The van der Waals surface area contributed by atoms with Gasteiger partial charge < -0.3 is 9.64 Å². The summed E-state index contributed by atoms with van der Waals surface area (Å²) in [7, 11) is 0. The highest BCUT2D eigenvalue weighted by molar-refractivity contribution is 5.87. The molecule has 140 valence electrons. The maximum Gasteiger partial charge on any atom is 0.330 e. The Kier molecular flexibility index (Phi) is 10.4. The van der Waals surface area contributed by atoms with Crippen LogP contribution in [0.25, 0.3) is 17.2 Å². The van der Waals surface area contributed by atoms with Gasteiger partial charge in [0.2, 0.25) is 0 Å². The highest BCUT2D eigenvalue weighted by atomic mass is 35.5. The summed E-state index contributed by atoms with van der Waals surface area (Å²) in [6, 6.07) is 18.4. The Morgan fingerprint density at radius 3 is 2.19 bits per heavy atom. The number of hydrogen-bond acceptors (Lipinski definition) is 3. The highest BCUT2D eigenvalue weighted by Gasteiger charge is 2.01. The summed E-state index contributed by atoms with van der Waals surface area (Å²) in [4.78, 5) is 14.1. The van der Waals surface area contributed by atoms with Crippen molar-refractivity contribution in [3.8, 4) is 11.1 Å². The van der Waals surface area contributed by atoms with Crippen LogP contribution in [0.2, 0.25) is 0 Å². The van der Waals surface area contributed by atoms with Crippen LogP contribution in [0.15, 0.2) is 60.7 Å². The van der Waals surface area contributed by atoms with Crippen LogP contribution in [0, 0.1) is 0 Å². The number of benzene rings is 2. The molecule has 0 atom stereocenters. The molecule has 4 heteroatoms. The zero-order valence-corrected chi connectivity index (χ0v) is 16.4. The lowest BCUT2D eigenvalue weighted by Crippen LogP contribution is -2.25. The molecule has 0 amide bonds. The Bertz CT molecular complexity index is 664. The lowest BCUT2D eigenvalue weighted by Gasteiger charge is -2.17. The number of rotatable bonds is 9. The summed E-state index contributed by atoms with van der Waals surface area (Å²) in [5, 5.41) is 0. The van der Waals surface area contributed by atoms with Crippen LogP contribution in [-0.4, -0.2) is 37.1 Å². The van der Waals surface area contributed by atoms with Gasteiger partial charge in [0.1, 0.15) is 0 Å². The number of esters is 1. The fourth-order valence-corrected chi connectivity index (χ4v) is 2.63. The fourth-order valence-electron chi connectivity index (χ4n) is 2.63. The minimum Gasteiger partial charge on any atom is -0.462 e. The average Bonchev–Trinajstić information content (AvgIpc) is 2.67. The molecule has 0 fully saturated rings. The third-order valence-corrected chi connectivity index (χ3v) is 4.19. The van der Waals surface area contributed by atoms with Crippen molar-refractivity contribution in [3.05, 3.63) is 66.2 Å². The average molecular weight is 374 g/mol. The number of halogens is 1. The second kappa shape index (κ2) is 12.3. The van der Waals surface area contributed by atoms with E-state index in [2.05, 4.69) is 43.0 Å². The van der Waals surface area contributed by atoms with Crippen molar-refractivity contribution in [2.75, 3.05) is 26.2 Å². The second-order valence-corrected chi connectivity index (χ2v) is 5.87. The highest BCUT2D eigenvalue weighted by Crippen LogP contribution is 2.19. The first-order valence-electron chi connectivity index (χ1n) is 8.95. The predicted molar refractivity (Wildman–Crippen MR) is 112 cm³/mol. The number of nitrogens with zero attached hydrogens (tertiary/aromatic N) is 1. The van der Waals surface area contributed by atoms with Crippen LogP contribution in [0.3, 0.4) is 0 Å². The molecule has 0 saturated heterocycles. The first-order chi connectivity index (χ1) is 12.2. The SMILES string of the molecule is CCN(CC)CCCOC(=O)/C=C\c1ccc(-c2ccccc2)cc1.Cl. The molecule has 0 unspecified atom stereocenters. The summed E-state index contributed by atoms with van der Waals surface area (Å²) in [6.45, 7) is 7.77. The van der Waals surface area contributed by atoms with E-state index in [1.165, 1.54) is 11.6 Å². The molecule has 0 bridgehead atoms. The van der Waals surface area contributed by atoms with Crippen molar-refractivity contribution < 1.29 is 9.53 Å². The lowest BCUT2D eigenvalue weighted by atomic mass is 10.0. The van der Waals surface area contributed by atoms with Crippen LogP contribution < -0.4 is 0 Å². The molecule has 0 saturated carbocycles.